The van der Waals surface area contributed by atoms with Gasteiger partial charge < -0.3 is 32.3 Å². The molecule has 0 rings (SSSR count). The molecule has 0 unspecified atom stereocenters. The van der Waals surface area contributed by atoms with E-state index in [1.54, 1.807) is 0 Å². The smallest absolute Gasteiger partial charge is 0 e. The molecule has 23 heteroatoms. The van der Waals surface area contributed by atoms with Gasteiger partial charge in [0.2, 0.25) is 0 Å². The van der Waals surface area contributed by atoms with Gasteiger partial charge in [-0.25, -0.2) is 0 Å². The van der Waals surface area contributed by atoms with Crippen LogP contribution in [0.3, 0.4) is 0 Å². The summed E-state index contributed by atoms with van der Waals surface area (Å²) in [6, 6.07) is 0. The summed E-state index contributed by atoms with van der Waals surface area (Å²) in [4.78, 5) is 59.6. The first-order chi connectivity index (χ1) is 4.00. The average molecular weight is 1240 g/mol. The summed E-state index contributed by atoms with van der Waals surface area (Å²) in [6.07, 6.45) is 0. The number of phosphoric acid groups is 1. The minimum atomic E-state index is -4.64. The van der Waals surface area contributed by atoms with Crippen molar-refractivity contribution < 1.29 is 66.5 Å². The zero-order valence-electron chi connectivity index (χ0n) is 11.4. The molecule has 0 amide bonds. The average Bonchev–Trinajstić information content (AvgIpc) is 1.12. The van der Waals surface area contributed by atoms with Crippen molar-refractivity contribution in [2.45, 2.75) is 0 Å². The fourth-order valence-electron chi connectivity index (χ4n) is 0. The van der Waals surface area contributed by atoms with Crippen molar-refractivity contribution in [3.8, 4) is 0 Å². The third-order valence-corrected chi connectivity index (χ3v) is 0. The van der Waals surface area contributed by atoms with Gasteiger partial charge in [0.1, 0.15) is 0 Å². The third kappa shape index (κ3) is 453. The van der Waals surface area contributed by atoms with Crippen LogP contribution in [-0.4, -0.2) is 253 Å². The van der Waals surface area contributed by atoms with Crippen molar-refractivity contribution in [2.75, 3.05) is 0 Å². The normalized spacial score (nSPS) is 5.22. The first kappa shape index (κ1) is 113. The maximum Gasteiger partial charge on any atom is 0 e. The van der Waals surface area contributed by atoms with E-state index >= 15 is 0 Å². The second-order valence-corrected chi connectivity index (χ2v) is 3.15. The molecule has 0 aliphatic carbocycles. The predicted octanol–water partition coefficient (Wildman–Crippen LogP) is -12.1. The van der Waals surface area contributed by atoms with Crippen LogP contribution in [0.25, 0.3) is 0 Å². The molecule has 0 aromatic heterocycles. The first-order valence-corrected chi connectivity index (χ1v) is 4.75. The van der Waals surface area contributed by atoms with Gasteiger partial charge in [-0.05, 0) is 0 Å². The van der Waals surface area contributed by atoms with Crippen LogP contribution in [0.5, 0.6) is 0 Å². The van der Waals surface area contributed by atoms with E-state index in [4.69, 9.17) is 39.1 Å². The topological polar surface area (TPSA) is 322 Å². The van der Waals surface area contributed by atoms with Crippen LogP contribution < -0.4 is 4.89 Å². The molecule has 0 aromatic rings. The van der Waals surface area contributed by atoms with Crippen LogP contribution in [0, 0.1) is 0 Å². The summed E-state index contributed by atoms with van der Waals surface area (Å²) in [5.41, 5.74) is 0. The molecule has 142 valence electrons. The summed E-state index contributed by atoms with van der Waals surface area (Å²) in [5.74, 6) is 0. The van der Waals surface area contributed by atoms with Gasteiger partial charge in [0.05, 0.1) is 0 Å². The molecule has 23 heavy (non-hydrogen) atoms. The molecule has 0 saturated heterocycles. The Balaban J connectivity index is -0.00000000274. The molecule has 0 spiro atoms. The van der Waals surface area contributed by atoms with Crippen molar-refractivity contribution in [1.29, 1.82) is 0 Å². The van der Waals surface area contributed by atoms with E-state index in [1.807, 2.05) is 0 Å². The van der Waals surface area contributed by atoms with Gasteiger partial charge in [0, 0.05) is 47.8 Å². The van der Waals surface area contributed by atoms with Crippen molar-refractivity contribution >= 4 is 208 Å². The second kappa shape index (κ2) is 63.0. The van der Waals surface area contributed by atoms with E-state index in [9.17, 15) is 0 Å². The minimum Gasteiger partial charge on any atom is 0 e. The van der Waals surface area contributed by atoms with Crippen molar-refractivity contribution in [3.63, 3.8) is 0 Å². The molecule has 0 bridgehead atoms. The van der Waals surface area contributed by atoms with Gasteiger partial charge >= 0.3 is 160 Å². The Hall–Kier alpha value is 6.73. The van der Waals surface area contributed by atoms with Gasteiger partial charge in [-0.15, -0.1) is 0 Å². The van der Waals surface area contributed by atoms with Gasteiger partial charge in [0.15, 0.2) is 0 Å². The van der Waals surface area contributed by atoms with Gasteiger partial charge in [-0.3, -0.25) is 0 Å². The van der Waals surface area contributed by atoms with E-state index in [2.05, 4.69) is 0 Å². The van der Waals surface area contributed by atoms with E-state index in [0.717, 1.165) is 0 Å². The zero-order chi connectivity index (χ0) is 9.00. The SMILES string of the molecule is O.O.O.O.O.O[P+](O)(O)O.[O-][P+](O)(O)O.[SnH].[SnH].[SnH].[SnH].[SnH].[SnH].[Sn].[Sn]. The van der Waals surface area contributed by atoms with Gasteiger partial charge in [0.25, 0.3) is 0 Å². The summed E-state index contributed by atoms with van der Waals surface area (Å²) >= 11 is 0. The maximum absolute atomic E-state index is 8.88. The molecule has 0 saturated carbocycles. The fourth-order valence-corrected chi connectivity index (χ4v) is 0. The van der Waals surface area contributed by atoms with Crippen LogP contribution in [0.2, 0.25) is 0 Å². The Labute approximate surface area is 269 Å². The molecule has 0 aromatic carbocycles. The van der Waals surface area contributed by atoms with Crippen LogP contribution in [0.4, 0.5) is 0 Å². The van der Waals surface area contributed by atoms with Crippen LogP contribution in [0.1, 0.15) is 0 Å². The Bertz CT molecular complexity index is 73.0. The predicted molar refractivity (Wildman–Crippen MR) is 102 cm³/mol. The molecule has 0 heterocycles. The zero-order valence-corrected chi connectivity index (χ0v) is 38.7. The molecule has 26 radical (unpaired) electrons. The molecular formula is H23O13P2Sn8+. The van der Waals surface area contributed by atoms with E-state index in [1.165, 1.54) is 0 Å². The Morgan fingerprint density at radius 3 is 0.435 bits per heavy atom. The summed E-state index contributed by atoms with van der Waals surface area (Å²) in [6.45, 7) is 0. The maximum atomic E-state index is 8.88. The van der Waals surface area contributed by atoms with Gasteiger partial charge in [-0.1, -0.05) is 0 Å². The molecule has 13 nitrogen and oxygen atoms in total. The summed E-state index contributed by atoms with van der Waals surface area (Å²) in [7, 11) is -9.03. The molecule has 0 atom stereocenters. The third-order valence-electron chi connectivity index (χ3n) is 0. The van der Waals surface area contributed by atoms with E-state index < -0.39 is 16.3 Å². The Morgan fingerprint density at radius 1 is 0.435 bits per heavy atom. The van der Waals surface area contributed by atoms with E-state index in [-0.39, 0.29) is 219 Å². The standard InChI is InChI=1S/H4O4P.H3O4P.5H2O.8Sn.6H/c2*1-5(2,3)4;;;;;;;;;;;;;;;;;;;/h1-4H;(H3,1,2,3,4);5*1H2;;;;;;;;;;;;;;/q+1;;;;;;;;;;;;;;;;;;;;. The van der Waals surface area contributed by atoms with Crippen LogP contribution in [-0.2, 0) is 0 Å². The fraction of sp³-hybridized carbons (Fsp3) is 0. The largest absolute Gasteiger partial charge is 0 e. The van der Waals surface area contributed by atoms with Crippen molar-refractivity contribution in [3.05, 3.63) is 0 Å². The summed E-state index contributed by atoms with van der Waals surface area (Å²) < 4.78 is 0. The quantitative estimate of drug-likeness (QED) is 0.0901. The second-order valence-electron chi connectivity index (χ2n) is 1.05. The molecule has 0 aliphatic rings. The molecule has 0 fully saturated rings. The number of rotatable bonds is 0. The monoisotopic (exact) mass is 1250 g/mol. The van der Waals surface area contributed by atoms with Gasteiger partial charge in [-0.2, -0.15) is 34.3 Å². The van der Waals surface area contributed by atoms with E-state index in [0.29, 0.717) is 0 Å². The minimum absolute atomic E-state index is 0. The molecule has 17 N–H and O–H groups in total. The first-order valence-electron chi connectivity index (χ1n) is 1.58. The van der Waals surface area contributed by atoms with Crippen molar-refractivity contribution in [1.82, 2.24) is 0 Å². The molecular weight excluding hydrogens is 1220 g/mol. The number of hydrogen-bond donors (Lipinski definition) is 7. The van der Waals surface area contributed by atoms with Crippen LogP contribution >= 0.6 is 16.3 Å². The van der Waals surface area contributed by atoms with Crippen LogP contribution in [0.15, 0.2) is 0 Å². The Kier molecular flexibility index (Phi) is 310. The summed E-state index contributed by atoms with van der Waals surface area (Å²) in [5, 5.41) is 0. The molecule has 0 aliphatic heterocycles. The van der Waals surface area contributed by atoms with Crippen molar-refractivity contribution in [2.24, 2.45) is 0 Å². The number of hydrogen-bond acceptors (Lipinski definition) is 8. The Morgan fingerprint density at radius 2 is 0.435 bits per heavy atom.